The van der Waals surface area contributed by atoms with E-state index in [0.29, 0.717) is 22.7 Å². The van der Waals surface area contributed by atoms with Gasteiger partial charge in [0.2, 0.25) is 5.91 Å². The molecule has 3 aromatic heterocycles. The van der Waals surface area contributed by atoms with Gasteiger partial charge in [-0.25, -0.2) is 14.4 Å². The quantitative estimate of drug-likeness (QED) is 0.656. The smallest absolute Gasteiger partial charge is 0.231 e. The number of alkyl halides is 1. The number of hydrogen-bond donors (Lipinski definition) is 3. The molecule has 0 bridgehead atoms. The zero-order chi connectivity index (χ0) is 19.1. The lowest BCUT2D eigenvalue weighted by atomic mass is 10.0. The molecule has 0 spiro atoms. The average Bonchev–Trinajstić information content (AvgIpc) is 3.38. The van der Waals surface area contributed by atoms with Gasteiger partial charge in [-0.05, 0) is 36.4 Å². The molecule has 3 heterocycles. The van der Waals surface area contributed by atoms with Crippen molar-refractivity contribution in [2.24, 2.45) is 5.92 Å². The van der Waals surface area contributed by atoms with Crippen LogP contribution in [0.4, 0.5) is 21.7 Å². The lowest BCUT2D eigenvalue weighted by Gasteiger charge is -2.12. The van der Waals surface area contributed by atoms with E-state index in [-0.39, 0.29) is 12.3 Å². The third kappa shape index (κ3) is 3.14. The Bertz CT molecular complexity index is 1050. The fourth-order valence-electron chi connectivity index (χ4n) is 3.07. The molecular formula is C19H19FN6O. The second-order valence-electron chi connectivity index (χ2n) is 6.64. The molecule has 138 valence electrons. The van der Waals surface area contributed by atoms with Gasteiger partial charge in [-0.15, -0.1) is 0 Å². The van der Waals surface area contributed by atoms with Crippen LogP contribution in [0, 0.1) is 12.8 Å². The average molecular weight is 366 g/mol. The van der Waals surface area contributed by atoms with Crippen LogP contribution < -0.4 is 16.4 Å². The van der Waals surface area contributed by atoms with Gasteiger partial charge in [0, 0.05) is 30.4 Å². The van der Waals surface area contributed by atoms with Gasteiger partial charge in [-0.1, -0.05) is 0 Å². The molecule has 4 N–H and O–H groups in total. The standard InChI is InChI=1S/C19H19FN6O/c1-9-12(6-23-8-16(9)22-2)15-3-10-4-17(24-7-13(10)18(21)25-15)26-19(27)11-5-14(11)20/h3-4,6-8,11,14,22H,5H2,1-2H3,(H2,21,25)(H,24,26,27)/t11-,14+/m1/s1. The first kappa shape index (κ1) is 17.1. The number of halogens is 1. The number of anilines is 3. The third-order valence-electron chi connectivity index (χ3n) is 4.81. The molecule has 0 unspecified atom stereocenters. The Morgan fingerprint density at radius 3 is 2.78 bits per heavy atom. The highest BCUT2D eigenvalue weighted by Gasteiger charge is 2.43. The van der Waals surface area contributed by atoms with Crippen LogP contribution in [0.25, 0.3) is 22.0 Å². The monoisotopic (exact) mass is 366 g/mol. The van der Waals surface area contributed by atoms with Crippen molar-refractivity contribution in [2.75, 3.05) is 23.4 Å². The molecule has 27 heavy (non-hydrogen) atoms. The third-order valence-corrected chi connectivity index (χ3v) is 4.81. The van der Waals surface area contributed by atoms with Crippen molar-refractivity contribution < 1.29 is 9.18 Å². The minimum atomic E-state index is -1.05. The van der Waals surface area contributed by atoms with Gasteiger partial charge in [0.1, 0.15) is 17.8 Å². The number of rotatable bonds is 4. The van der Waals surface area contributed by atoms with Crippen molar-refractivity contribution >= 4 is 34.0 Å². The Morgan fingerprint density at radius 1 is 1.30 bits per heavy atom. The van der Waals surface area contributed by atoms with Crippen LogP contribution in [0.1, 0.15) is 12.0 Å². The maximum absolute atomic E-state index is 13.1. The Balaban J connectivity index is 1.74. The maximum atomic E-state index is 13.1. The summed E-state index contributed by atoms with van der Waals surface area (Å²) in [4.78, 5) is 24.9. The van der Waals surface area contributed by atoms with E-state index in [1.807, 2.05) is 20.0 Å². The van der Waals surface area contributed by atoms with Crippen LogP contribution >= 0.6 is 0 Å². The predicted molar refractivity (Wildman–Crippen MR) is 103 cm³/mol. The predicted octanol–water partition coefficient (Wildman–Crippen LogP) is 2.92. The van der Waals surface area contributed by atoms with Gasteiger partial charge >= 0.3 is 0 Å². The first-order valence-corrected chi connectivity index (χ1v) is 8.62. The Hall–Kier alpha value is -3.29. The van der Waals surface area contributed by atoms with Crippen LogP contribution in [0.5, 0.6) is 0 Å². The molecule has 1 saturated carbocycles. The Kier molecular flexibility index (Phi) is 4.10. The topological polar surface area (TPSA) is 106 Å². The number of nitrogens with one attached hydrogen (secondary N) is 2. The van der Waals surface area contributed by atoms with E-state index in [9.17, 15) is 9.18 Å². The summed E-state index contributed by atoms with van der Waals surface area (Å²) in [5.41, 5.74) is 9.56. The van der Waals surface area contributed by atoms with Crippen LogP contribution in [0.3, 0.4) is 0 Å². The van der Waals surface area contributed by atoms with Crippen molar-refractivity contribution in [3.05, 3.63) is 36.3 Å². The van der Waals surface area contributed by atoms with Crippen LogP contribution in [-0.2, 0) is 4.79 Å². The second-order valence-corrected chi connectivity index (χ2v) is 6.64. The number of hydrogen-bond acceptors (Lipinski definition) is 6. The summed E-state index contributed by atoms with van der Waals surface area (Å²) in [5, 5.41) is 7.22. The van der Waals surface area contributed by atoms with Gasteiger partial charge < -0.3 is 16.4 Å². The largest absolute Gasteiger partial charge is 0.387 e. The minimum absolute atomic E-state index is 0.272. The van der Waals surface area contributed by atoms with Crippen LogP contribution in [0.15, 0.2) is 30.7 Å². The first-order chi connectivity index (χ1) is 13.0. The normalized spacial score (nSPS) is 18.3. The fourth-order valence-corrected chi connectivity index (χ4v) is 3.07. The molecule has 0 saturated heterocycles. The molecule has 0 aliphatic heterocycles. The number of pyridine rings is 3. The summed E-state index contributed by atoms with van der Waals surface area (Å²) < 4.78 is 13.1. The number of amides is 1. The van der Waals surface area contributed by atoms with Crippen molar-refractivity contribution in [3.8, 4) is 11.3 Å². The molecular weight excluding hydrogens is 347 g/mol. The maximum Gasteiger partial charge on any atom is 0.231 e. The fraction of sp³-hybridized carbons (Fsp3) is 0.263. The number of fused-ring (bicyclic) bond motifs is 1. The van der Waals surface area contributed by atoms with Crippen molar-refractivity contribution in [1.29, 1.82) is 0 Å². The number of nitrogen functional groups attached to an aromatic ring is 1. The molecule has 1 aliphatic carbocycles. The molecule has 1 aliphatic rings. The van der Waals surface area contributed by atoms with E-state index in [1.165, 1.54) is 0 Å². The lowest BCUT2D eigenvalue weighted by molar-refractivity contribution is -0.117. The van der Waals surface area contributed by atoms with E-state index in [1.54, 1.807) is 24.7 Å². The highest BCUT2D eigenvalue weighted by molar-refractivity contribution is 5.98. The molecule has 1 fully saturated rings. The highest BCUT2D eigenvalue weighted by Crippen LogP contribution is 2.35. The van der Waals surface area contributed by atoms with Crippen molar-refractivity contribution in [1.82, 2.24) is 15.0 Å². The molecule has 0 aromatic carbocycles. The summed E-state index contributed by atoms with van der Waals surface area (Å²) in [7, 11) is 1.83. The molecule has 1 amide bonds. The number of aromatic nitrogens is 3. The van der Waals surface area contributed by atoms with Crippen molar-refractivity contribution in [2.45, 2.75) is 19.5 Å². The van der Waals surface area contributed by atoms with Crippen LogP contribution in [0.2, 0.25) is 0 Å². The van der Waals surface area contributed by atoms with E-state index in [0.717, 1.165) is 22.2 Å². The number of carbonyl (C=O) groups excluding carboxylic acids is 1. The van der Waals surface area contributed by atoms with Crippen molar-refractivity contribution in [3.63, 3.8) is 0 Å². The summed E-state index contributed by atoms with van der Waals surface area (Å²) in [6.07, 6.45) is 4.27. The number of carbonyl (C=O) groups is 1. The van der Waals surface area contributed by atoms with Gasteiger partial charge in [0.05, 0.1) is 23.5 Å². The molecule has 2 atom stereocenters. The lowest BCUT2D eigenvalue weighted by Crippen LogP contribution is -2.15. The molecule has 7 nitrogen and oxygen atoms in total. The zero-order valence-corrected chi connectivity index (χ0v) is 15.0. The number of nitrogens with two attached hydrogens (primary N) is 1. The molecule has 4 rings (SSSR count). The first-order valence-electron chi connectivity index (χ1n) is 8.62. The Morgan fingerprint density at radius 2 is 2.07 bits per heavy atom. The highest BCUT2D eigenvalue weighted by atomic mass is 19.1. The minimum Gasteiger partial charge on any atom is -0.387 e. The summed E-state index contributed by atoms with van der Waals surface area (Å²) in [5.74, 6) is -0.216. The van der Waals surface area contributed by atoms with Gasteiger partial charge in [-0.3, -0.25) is 9.78 Å². The second kappa shape index (κ2) is 6.46. The molecule has 0 radical (unpaired) electrons. The van der Waals surface area contributed by atoms with E-state index in [2.05, 4.69) is 25.6 Å². The van der Waals surface area contributed by atoms with Crippen LogP contribution in [-0.4, -0.2) is 34.1 Å². The van der Waals surface area contributed by atoms with E-state index >= 15 is 0 Å². The summed E-state index contributed by atoms with van der Waals surface area (Å²) in [6, 6.07) is 3.59. The summed E-state index contributed by atoms with van der Waals surface area (Å²) >= 11 is 0. The molecule has 8 heteroatoms. The summed E-state index contributed by atoms with van der Waals surface area (Å²) in [6.45, 7) is 1.98. The molecule has 3 aromatic rings. The van der Waals surface area contributed by atoms with Gasteiger partial charge in [0.15, 0.2) is 0 Å². The zero-order valence-electron chi connectivity index (χ0n) is 15.0. The van der Waals surface area contributed by atoms with E-state index in [4.69, 9.17) is 5.73 Å². The Labute approximate surface area is 155 Å². The van der Waals surface area contributed by atoms with E-state index < -0.39 is 12.1 Å². The number of nitrogens with zero attached hydrogens (tertiary/aromatic N) is 3. The van der Waals surface area contributed by atoms with Gasteiger partial charge in [-0.2, -0.15) is 0 Å². The SMILES string of the molecule is CNc1cncc(-c2cc3cc(NC(=O)[C@@H]4C[C@@H]4F)ncc3c(N)n2)c1C. The van der Waals surface area contributed by atoms with Gasteiger partial charge in [0.25, 0.3) is 0 Å².